The second kappa shape index (κ2) is 8.39. The Balaban J connectivity index is 2.63. The highest BCUT2D eigenvalue weighted by atomic mass is 32.2. The first-order chi connectivity index (χ1) is 9.49. The maximum absolute atomic E-state index is 11.9. The molecular weight excluding hydrogens is 298 g/mol. The van der Waals surface area contributed by atoms with Crippen molar-refractivity contribution >= 4 is 21.4 Å². The predicted octanol–water partition coefficient (Wildman–Crippen LogP) is 0.890. The van der Waals surface area contributed by atoms with Crippen molar-refractivity contribution in [2.24, 2.45) is 0 Å². The molecule has 1 aromatic heterocycles. The molecule has 0 aromatic carbocycles. The zero-order valence-electron chi connectivity index (χ0n) is 11.6. The Hall–Kier alpha value is -0.910. The summed E-state index contributed by atoms with van der Waals surface area (Å²) in [6.07, 6.45) is 0.441. The first-order valence-corrected chi connectivity index (χ1v) is 8.58. The first-order valence-electron chi connectivity index (χ1n) is 6.09. The van der Waals surface area contributed by atoms with E-state index in [0.29, 0.717) is 13.0 Å². The van der Waals surface area contributed by atoms with E-state index in [-0.39, 0.29) is 19.0 Å². The average Bonchev–Trinajstić information content (AvgIpc) is 2.84. The molecule has 1 heterocycles. The van der Waals surface area contributed by atoms with Crippen LogP contribution in [-0.4, -0.2) is 51.0 Å². The number of thiophene rings is 1. The highest BCUT2D eigenvalue weighted by Crippen LogP contribution is 2.17. The van der Waals surface area contributed by atoms with Crippen molar-refractivity contribution in [2.75, 3.05) is 33.1 Å². The van der Waals surface area contributed by atoms with Crippen molar-refractivity contribution in [3.63, 3.8) is 0 Å². The lowest BCUT2D eigenvalue weighted by atomic mass is 10.3. The lowest BCUT2D eigenvalue weighted by molar-refractivity contribution is 0.215. The number of hydrogen-bond donors (Lipinski definition) is 1. The molecule has 1 N–H and O–H groups in total. The predicted molar refractivity (Wildman–Crippen MR) is 80.0 cm³/mol. The molecule has 7 heteroatoms. The lowest BCUT2D eigenvalue weighted by Gasteiger charge is -2.15. The van der Waals surface area contributed by atoms with E-state index in [1.807, 2.05) is 11.4 Å². The molecule has 0 atom stereocenters. The van der Waals surface area contributed by atoms with Gasteiger partial charge in [-0.3, -0.25) is 0 Å². The van der Waals surface area contributed by atoms with E-state index in [0.717, 1.165) is 10.4 Å². The van der Waals surface area contributed by atoms with Gasteiger partial charge in [-0.2, -0.15) is 4.31 Å². The Morgan fingerprint density at radius 1 is 1.50 bits per heavy atom. The molecule has 1 aromatic rings. The molecule has 0 aliphatic carbocycles. The van der Waals surface area contributed by atoms with Gasteiger partial charge >= 0.3 is 0 Å². The molecule has 20 heavy (non-hydrogen) atoms. The minimum Gasteiger partial charge on any atom is -0.395 e. The van der Waals surface area contributed by atoms with Gasteiger partial charge in [-0.05, 0) is 6.07 Å². The number of sulfonamides is 1. The van der Waals surface area contributed by atoms with E-state index in [1.54, 1.807) is 7.05 Å². The van der Waals surface area contributed by atoms with Crippen LogP contribution in [0.25, 0.3) is 0 Å². The van der Waals surface area contributed by atoms with Crippen molar-refractivity contribution in [3.8, 4) is 11.8 Å². The molecule has 0 aliphatic heterocycles. The van der Waals surface area contributed by atoms with Crippen LogP contribution in [0.4, 0.5) is 0 Å². The number of rotatable bonds is 7. The van der Waals surface area contributed by atoms with E-state index < -0.39 is 10.0 Å². The van der Waals surface area contributed by atoms with Crippen LogP contribution in [0.1, 0.15) is 16.9 Å². The summed E-state index contributed by atoms with van der Waals surface area (Å²) in [6.45, 7) is 0.567. The van der Waals surface area contributed by atoms with Crippen LogP contribution in [-0.2, 0) is 21.3 Å². The molecule has 0 saturated heterocycles. The third-order valence-corrected chi connectivity index (χ3v) is 5.20. The van der Waals surface area contributed by atoms with E-state index in [1.165, 1.54) is 22.8 Å². The molecule has 0 amide bonds. The normalized spacial score (nSPS) is 11.4. The first kappa shape index (κ1) is 17.1. The van der Waals surface area contributed by atoms with Crippen LogP contribution in [0.3, 0.4) is 0 Å². The minimum atomic E-state index is -3.29. The monoisotopic (exact) mass is 317 g/mol. The van der Waals surface area contributed by atoms with Crippen LogP contribution < -0.4 is 0 Å². The summed E-state index contributed by atoms with van der Waals surface area (Å²) in [4.78, 5) is 0.932. The molecule has 0 bridgehead atoms. The number of nitrogens with zero attached hydrogens (tertiary/aromatic N) is 1. The molecule has 1 rings (SSSR count). The molecule has 0 fully saturated rings. The van der Waals surface area contributed by atoms with Gasteiger partial charge in [0.25, 0.3) is 0 Å². The number of methoxy groups -OCH3 is 1. The zero-order chi connectivity index (χ0) is 15.0. The van der Waals surface area contributed by atoms with Gasteiger partial charge in [0.15, 0.2) is 0 Å². The van der Waals surface area contributed by atoms with Crippen LogP contribution in [0.15, 0.2) is 11.4 Å². The van der Waals surface area contributed by atoms with E-state index in [4.69, 9.17) is 9.84 Å². The molecule has 0 radical (unpaired) electrons. The van der Waals surface area contributed by atoms with E-state index in [2.05, 4.69) is 11.8 Å². The second-order valence-corrected chi connectivity index (χ2v) is 7.33. The molecule has 112 valence electrons. The summed E-state index contributed by atoms with van der Waals surface area (Å²) in [5.74, 6) is 5.74. The molecule has 0 saturated carbocycles. The van der Waals surface area contributed by atoms with Gasteiger partial charge in [0, 0.05) is 42.9 Å². The minimum absolute atomic E-state index is 0.0193. The zero-order valence-corrected chi connectivity index (χ0v) is 13.3. The molecule has 5 nitrogen and oxygen atoms in total. The van der Waals surface area contributed by atoms with Crippen LogP contribution >= 0.6 is 11.3 Å². The van der Waals surface area contributed by atoms with Crippen molar-refractivity contribution in [1.29, 1.82) is 0 Å². The van der Waals surface area contributed by atoms with Gasteiger partial charge in [0.1, 0.15) is 0 Å². The van der Waals surface area contributed by atoms with Crippen molar-refractivity contribution in [3.05, 3.63) is 21.9 Å². The van der Waals surface area contributed by atoms with E-state index >= 15 is 0 Å². The Labute approximate surface area is 124 Å². The lowest BCUT2D eigenvalue weighted by Crippen LogP contribution is -2.30. The SMILES string of the molecule is COCCS(=O)(=O)N(C)Cc1cc(C#CCCO)cs1. The van der Waals surface area contributed by atoms with Crippen LogP contribution in [0.5, 0.6) is 0 Å². The molecule has 0 spiro atoms. The van der Waals surface area contributed by atoms with Gasteiger partial charge in [-0.15, -0.1) is 11.3 Å². The van der Waals surface area contributed by atoms with Gasteiger partial charge in [0.05, 0.1) is 19.0 Å². The summed E-state index contributed by atoms with van der Waals surface area (Å²) in [5.41, 5.74) is 0.848. The fourth-order valence-electron chi connectivity index (χ4n) is 1.41. The standard InChI is InChI=1S/C13H19NO4S2/c1-14(20(16,17)8-7-18-2)10-13-9-12(11-19-13)5-3-4-6-15/h9,11,15H,4,6-8,10H2,1-2H3. The highest BCUT2D eigenvalue weighted by molar-refractivity contribution is 7.89. The van der Waals surface area contributed by atoms with Gasteiger partial charge in [0.2, 0.25) is 10.0 Å². The average molecular weight is 317 g/mol. The number of hydrogen-bond acceptors (Lipinski definition) is 5. The quantitative estimate of drug-likeness (QED) is 0.759. The fourth-order valence-corrected chi connectivity index (χ4v) is 3.39. The Morgan fingerprint density at radius 3 is 2.90 bits per heavy atom. The number of aliphatic hydroxyl groups is 1. The third kappa shape index (κ3) is 5.61. The Bertz CT molecular complexity index is 569. The van der Waals surface area contributed by atoms with Gasteiger partial charge < -0.3 is 9.84 Å². The number of aliphatic hydroxyl groups excluding tert-OH is 1. The highest BCUT2D eigenvalue weighted by Gasteiger charge is 2.18. The van der Waals surface area contributed by atoms with Crippen molar-refractivity contribution in [1.82, 2.24) is 4.31 Å². The van der Waals surface area contributed by atoms with Crippen LogP contribution in [0, 0.1) is 11.8 Å². The topological polar surface area (TPSA) is 66.8 Å². The molecular formula is C13H19NO4S2. The van der Waals surface area contributed by atoms with Crippen LogP contribution in [0.2, 0.25) is 0 Å². The summed E-state index contributed by atoms with van der Waals surface area (Å²) >= 11 is 1.47. The van der Waals surface area contributed by atoms with Gasteiger partial charge in [-0.1, -0.05) is 11.8 Å². The molecule has 0 aliphatic rings. The summed E-state index contributed by atoms with van der Waals surface area (Å²) in [5, 5.41) is 10.5. The Kier molecular flexibility index (Phi) is 7.19. The largest absolute Gasteiger partial charge is 0.395 e. The second-order valence-electron chi connectivity index (χ2n) is 4.14. The Morgan fingerprint density at radius 2 is 2.25 bits per heavy atom. The van der Waals surface area contributed by atoms with Crippen molar-refractivity contribution in [2.45, 2.75) is 13.0 Å². The summed E-state index contributed by atoms with van der Waals surface area (Å²) < 4.78 is 29.9. The maximum Gasteiger partial charge on any atom is 0.216 e. The molecule has 0 unspecified atom stereocenters. The summed E-state index contributed by atoms with van der Waals surface area (Å²) in [7, 11) is -0.251. The maximum atomic E-state index is 11.9. The smallest absolute Gasteiger partial charge is 0.216 e. The fraction of sp³-hybridized carbons (Fsp3) is 0.538. The van der Waals surface area contributed by atoms with Gasteiger partial charge in [-0.25, -0.2) is 8.42 Å². The number of ether oxygens (including phenoxy) is 1. The van der Waals surface area contributed by atoms with Crippen molar-refractivity contribution < 1.29 is 18.3 Å². The third-order valence-electron chi connectivity index (χ3n) is 2.52. The summed E-state index contributed by atoms with van der Waals surface area (Å²) in [6, 6.07) is 1.87. The van der Waals surface area contributed by atoms with E-state index in [9.17, 15) is 8.42 Å².